The van der Waals surface area contributed by atoms with Gasteiger partial charge in [-0.3, -0.25) is 4.79 Å². The van der Waals surface area contributed by atoms with Gasteiger partial charge in [-0.05, 0) is 34.7 Å². The lowest BCUT2D eigenvalue weighted by Crippen LogP contribution is -2.12. The molecule has 2 heterocycles. The number of rotatable bonds is 2. The van der Waals surface area contributed by atoms with Crippen LogP contribution in [0.2, 0.25) is 0 Å². The first-order valence-corrected chi connectivity index (χ1v) is 5.21. The standard InChI is InChI=1S/C9H7IN4O/c10-7-4-13-14(5-7)8-3-6(9(11)15)1-2-12-8/h1-5H,(H2,11,15). The zero-order valence-electron chi connectivity index (χ0n) is 7.59. The van der Waals surface area contributed by atoms with E-state index in [4.69, 9.17) is 5.73 Å². The summed E-state index contributed by atoms with van der Waals surface area (Å²) in [5, 5.41) is 4.08. The Kier molecular flexibility index (Phi) is 2.67. The minimum atomic E-state index is -0.472. The molecule has 2 N–H and O–H groups in total. The fraction of sp³-hybridized carbons (Fsp3) is 0. The number of hydrogen-bond donors (Lipinski definition) is 1. The molecule has 0 spiro atoms. The second-order valence-corrected chi connectivity index (χ2v) is 4.12. The van der Waals surface area contributed by atoms with Crippen molar-refractivity contribution in [3.63, 3.8) is 0 Å². The van der Waals surface area contributed by atoms with Gasteiger partial charge in [-0.2, -0.15) is 5.10 Å². The van der Waals surface area contributed by atoms with E-state index in [2.05, 4.69) is 32.7 Å². The quantitative estimate of drug-likeness (QED) is 0.840. The molecule has 0 saturated heterocycles. The number of primary amides is 1. The summed E-state index contributed by atoms with van der Waals surface area (Å²) in [6.45, 7) is 0. The van der Waals surface area contributed by atoms with E-state index in [1.54, 1.807) is 23.0 Å². The van der Waals surface area contributed by atoms with Crippen molar-refractivity contribution in [1.29, 1.82) is 0 Å². The summed E-state index contributed by atoms with van der Waals surface area (Å²) in [6.07, 6.45) is 5.05. The number of nitrogens with zero attached hydrogens (tertiary/aromatic N) is 3. The first-order chi connectivity index (χ1) is 7.16. The van der Waals surface area contributed by atoms with Crippen molar-refractivity contribution in [3.05, 3.63) is 39.9 Å². The Balaban J connectivity index is 2.45. The number of hydrogen-bond acceptors (Lipinski definition) is 3. The van der Waals surface area contributed by atoms with Crippen LogP contribution in [0.3, 0.4) is 0 Å². The van der Waals surface area contributed by atoms with Crippen molar-refractivity contribution in [2.75, 3.05) is 0 Å². The average Bonchev–Trinajstić information content (AvgIpc) is 2.65. The zero-order chi connectivity index (χ0) is 10.8. The molecule has 6 heteroatoms. The summed E-state index contributed by atoms with van der Waals surface area (Å²) >= 11 is 2.15. The molecule has 0 atom stereocenters. The van der Waals surface area contributed by atoms with Crippen molar-refractivity contribution in [1.82, 2.24) is 14.8 Å². The predicted octanol–water partition coefficient (Wildman–Crippen LogP) is 0.971. The van der Waals surface area contributed by atoms with Gasteiger partial charge in [0.05, 0.1) is 9.77 Å². The summed E-state index contributed by atoms with van der Waals surface area (Å²) in [5.41, 5.74) is 5.59. The maximum Gasteiger partial charge on any atom is 0.248 e. The van der Waals surface area contributed by atoms with E-state index in [9.17, 15) is 4.79 Å². The van der Waals surface area contributed by atoms with Crippen LogP contribution < -0.4 is 5.73 Å². The molecular formula is C9H7IN4O. The van der Waals surface area contributed by atoms with Crippen LogP contribution in [0.15, 0.2) is 30.7 Å². The Morgan fingerprint density at radius 1 is 1.53 bits per heavy atom. The normalized spacial score (nSPS) is 10.2. The van der Waals surface area contributed by atoms with Gasteiger partial charge < -0.3 is 5.73 Å². The molecule has 2 rings (SSSR count). The fourth-order valence-corrected chi connectivity index (χ4v) is 1.51. The number of carbonyl (C=O) groups excluding carboxylic acids is 1. The van der Waals surface area contributed by atoms with Crippen LogP contribution >= 0.6 is 22.6 Å². The van der Waals surface area contributed by atoms with Gasteiger partial charge in [-0.1, -0.05) is 0 Å². The number of nitrogens with two attached hydrogens (primary N) is 1. The zero-order valence-corrected chi connectivity index (χ0v) is 9.75. The fourth-order valence-electron chi connectivity index (χ4n) is 1.12. The molecule has 15 heavy (non-hydrogen) atoms. The molecule has 2 aromatic rings. The third kappa shape index (κ3) is 2.14. The summed E-state index contributed by atoms with van der Waals surface area (Å²) in [6, 6.07) is 3.17. The summed E-state index contributed by atoms with van der Waals surface area (Å²) < 4.78 is 2.59. The van der Waals surface area contributed by atoms with Gasteiger partial charge in [0.25, 0.3) is 0 Å². The van der Waals surface area contributed by atoms with E-state index in [1.807, 2.05) is 6.20 Å². The predicted molar refractivity (Wildman–Crippen MR) is 62.6 cm³/mol. The SMILES string of the molecule is NC(=O)c1ccnc(-n2cc(I)cn2)c1. The van der Waals surface area contributed by atoms with Crippen LogP contribution in [-0.4, -0.2) is 20.7 Å². The molecular weight excluding hydrogens is 307 g/mol. The largest absolute Gasteiger partial charge is 0.366 e. The molecule has 0 aliphatic carbocycles. The molecule has 0 aromatic carbocycles. The summed E-state index contributed by atoms with van der Waals surface area (Å²) in [7, 11) is 0. The van der Waals surface area contributed by atoms with Crippen LogP contribution in [0.5, 0.6) is 0 Å². The number of pyridine rings is 1. The third-order valence-corrected chi connectivity index (χ3v) is 2.37. The third-order valence-electron chi connectivity index (χ3n) is 1.82. The van der Waals surface area contributed by atoms with Gasteiger partial charge in [0.15, 0.2) is 5.82 Å². The highest BCUT2D eigenvalue weighted by Gasteiger charge is 2.04. The molecule has 76 valence electrons. The molecule has 0 aliphatic rings. The van der Waals surface area contributed by atoms with Gasteiger partial charge in [0, 0.05) is 18.0 Å². The van der Waals surface area contributed by atoms with Gasteiger partial charge in [-0.15, -0.1) is 0 Å². The Bertz CT molecular complexity index is 508. The molecule has 0 fully saturated rings. The lowest BCUT2D eigenvalue weighted by atomic mass is 10.2. The topological polar surface area (TPSA) is 73.8 Å². The minimum Gasteiger partial charge on any atom is -0.366 e. The van der Waals surface area contributed by atoms with E-state index in [0.717, 1.165) is 3.57 Å². The van der Waals surface area contributed by atoms with Crippen LogP contribution in [-0.2, 0) is 0 Å². The van der Waals surface area contributed by atoms with Crippen molar-refractivity contribution >= 4 is 28.5 Å². The monoisotopic (exact) mass is 314 g/mol. The second kappa shape index (κ2) is 3.97. The number of amides is 1. The molecule has 0 bridgehead atoms. The highest BCUT2D eigenvalue weighted by molar-refractivity contribution is 14.1. The number of aromatic nitrogens is 3. The smallest absolute Gasteiger partial charge is 0.248 e. The Morgan fingerprint density at radius 3 is 2.93 bits per heavy atom. The van der Waals surface area contributed by atoms with Crippen LogP contribution in [0.4, 0.5) is 0 Å². The first-order valence-electron chi connectivity index (χ1n) is 4.13. The van der Waals surface area contributed by atoms with E-state index < -0.39 is 5.91 Å². The van der Waals surface area contributed by atoms with Gasteiger partial charge in [0.2, 0.25) is 5.91 Å². The molecule has 0 unspecified atom stereocenters. The summed E-state index contributed by atoms with van der Waals surface area (Å²) in [5.74, 6) is 0.106. The van der Waals surface area contributed by atoms with E-state index in [-0.39, 0.29) is 0 Å². The maximum absolute atomic E-state index is 11.0. The van der Waals surface area contributed by atoms with E-state index >= 15 is 0 Å². The Labute approximate surface area is 99.4 Å². The van der Waals surface area contributed by atoms with Gasteiger partial charge in [0.1, 0.15) is 0 Å². The van der Waals surface area contributed by atoms with Crippen LogP contribution in [0.1, 0.15) is 10.4 Å². The molecule has 2 aromatic heterocycles. The molecule has 1 amide bonds. The van der Waals surface area contributed by atoms with Crippen LogP contribution in [0.25, 0.3) is 5.82 Å². The highest BCUT2D eigenvalue weighted by atomic mass is 127. The lowest BCUT2D eigenvalue weighted by molar-refractivity contribution is 0.1000. The Morgan fingerprint density at radius 2 is 2.33 bits per heavy atom. The van der Waals surface area contributed by atoms with Gasteiger partial charge >= 0.3 is 0 Å². The molecule has 0 saturated carbocycles. The van der Waals surface area contributed by atoms with Crippen molar-refractivity contribution in [2.24, 2.45) is 5.73 Å². The maximum atomic E-state index is 11.0. The van der Waals surface area contributed by atoms with E-state index in [1.165, 1.54) is 6.20 Å². The molecule has 0 radical (unpaired) electrons. The number of carbonyl (C=O) groups is 1. The first kappa shape index (κ1) is 10.1. The summed E-state index contributed by atoms with van der Waals surface area (Å²) in [4.78, 5) is 15.0. The minimum absolute atomic E-state index is 0.422. The lowest BCUT2D eigenvalue weighted by Gasteiger charge is -2.00. The van der Waals surface area contributed by atoms with Gasteiger partial charge in [-0.25, -0.2) is 9.67 Å². The van der Waals surface area contributed by atoms with Crippen LogP contribution in [0, 0.1) is 3.57 Å². The average molecular weight is 314 g/mol. The molecule has 5 nitrogen and oxygen atoms in total. The van der Waals surface area contributed by atoms with E-state index in [0.29, 0.717) is 11.4 Å². The molecule has 0 aliphatic heterocycles. The Hall–Kier alpha value is -1.44. The second-order valence-electron chi connectivity index (χ2n) is 2.87. The van der Waals surface area contributed by atoms with Crippen molar-refractivity contribution in [3.8, 4) is 5.82 Å². The van der Waals surface area contributed by atoms with Crippen molar-refractivity contribution < 1.29 is 4.79 Å². The van der Waals surface area contributed by atoms with Crippen molar-refractivity contribution in [2.45, 2.75) is 0 Å². The number of halogens is 1. The highest BCUT2D eigenvalue weighted by Crippen LogP contribution is 2.08.